The van der Waals surface area contributed by atoms with Crippen LogP contribution in [0.1, 0.15) is 12.0 Å². The molecule has 13 heavy (non-hydrogen) atoms. The van der Waals surface area contributed by atoms with Gasteiger partial charge in [-0.15, -0.1) is 0 Å². The molecule has 0 aliphatic rings. The minimum Gasteiger partial charge on any atom is -0.361 e. The van der Waals surface area contributed by atoms with Gasteiger partial charge in [-0.2, -0.15) is 5.26 Å². The first-order valence-corrected chi connectivity index (χ1v) is 4.34. The highest BCUT2D eigenvalue weighted by Gasteiger charge is 1.99. The lowest BCUT2D eigenvalue weighted by Gasteiger charge is -1.98. The van der Waals surface area contributed by atoms with Gasteiger partial charge >= 0.3 is 0 Å². The standard InChI is InChI=1S/C11H10N2/c12-7-2-4-9-3-1-5-11-10(9)6-8-13-11/h1,3,5-6,8,13H,2,4H2. The fourth-order valence-electron chi connectivity index (χ4n) is 1.56. The number of H-pyrrole nitrogens is 1. The van der Waals surface area contributed by atoms with Crippen molar-refractivity contribution in [2.24, 2.45) is 0 Å². The zero-order chi connectivity index (χ0) is 9.10. The molecular formula is C11H10N2. The monoisotopic (exact) mass is 170 g/mol. The topological polar surface area (TPSA) is 39.6 Å². The molecule has 0 radical (unpaired) electrons. The van der Waals surface area contributed by atoms with E-state index in [1.54, 1.807) is 0 Å². The molecule has 1 heterocycles. The van der Waals surface area contributed by atoms with E-state index in [9.17, 15) is 0 Å². The third-order valence-corrected chi connectivity index (χ3v) is 2.19. The third-order valence-electron chi connectivity index (χ3n) is 2.19. The second-order valence-corrected chi connectivity index (χ2v) is 3.01. The minimum absolute atomic E-state index is 0.588. The molecule has 1 aromatic heterocycles. The van der Waals surface area contributed by atoms with Crippen molar-refractivity contribution < 1.29 is 0 Å². The molecule has 2 heteroatoms. The summed E-state index contributed by atoms with van der Waals surface area (Å²) >= 11 is 0. The van der Waals surface area contributed by atoms with Crippen LogP contribution >= 0.6 is 0 Å². The van der Waals surface area contributed by atoms with Gasteiger partial charge in [-0.25, -0.2) is 0 Å². The van der Waals surface area contributed by atoms with Gasteiger partial charge in [0.25, 0.3) is 0 Å². The van der Waals surface area contributed by atoms with Gasteiger partial charge in [0.1, 0.15) is 0 Å². The highest BCUT2D eigenvalue weighted by Crippen LogP contribution is 2.18. The van der Waals surface area contributed by atoms with Gasteiger partial charge < -0.3 is 4.98 Å². The SMILES string of the molecule is N#CCCc1cccc2[nH]ccc12. The maximum absolute atomic E-state index is 8.49. The van der Waals surface area contributed by atoms with Crippen molar-refractivity contribution >= 4 is 10.9 Å². The predicted molar refractivity (Wildman–Crippen MR) is 52.2 cm³/mol. The second-order valence-electron chi connectivity index (χ2n) is 3.01. The van der Waals surface area contributed by atoms with Gasteiger partial charge in [-0.05, 0) is 24.1 Å². The lowest BCUT2D eigenvalue weighted by molar-refractivity contribution is 1.02. The lowest BCUT2D eigenvalue weighted by Crippen LogP contribution is -1.83. The normalized spacial score (nSPS) is 10.1. The van der Waals surface area contributed by atoms with Crippen LogP contribution in [0, 0.1) is 11.3 Å². The van der Waals surface area contributed by atoms with Gasteiger partial charge in [-0.1, -0.05) is 12.1 Å². The Labute approximate surface area is 76.8 Å². The maximum Gasteiger partial charge on any atom is 0.0625 e. The number of aromatic amines is 1. The van der Waals surface area contributed by atoms with Gasteiger partial charge in [-0.3, -0.25) is 0 Å². The highest BCUT2D eigenvalue weighted by atomic mass is 14.7. The summed E-state index contributed by atoms with van der Waals surface area (Å²) in [7, 11) is 0. The Hall–Kier alpha value is -1.75. The van der Waals surface area contributed by atoms with E-state index in [0.717, 1.165) is 11.9 Å². The summed E-state index contributed by atoms with van der Waals surface area (Å²) in [6.07, 6.45) is 3.36. The second kappa shape index (κ2) is 3.32. The Bertz CT molecular complexity index is 448. The van der Waals surface area contributed by atoms with E-state index < -0.39 is 0 Å². The Morgan fingerprint density at radius 1 is 1.31 bits per heavy atom. The molecule has 0 saturated heterocycles. The molecule has 0 amide bonds. The quantitative estimate of drug-likeness (QED) is 0.739. The van der Waals surface area contributed by atoms with Crippen LogP contribution in [-0.2, 0) is 6.42 Å². The van der Waals surface area contributed by atoms with Crippen LogP contribution in [0.2, 0.25) is 0 Å². The average Bonchev–Trinajstić information content (AvgIpc) is 2.62. The summed E-state index contributed by atoms with van der Waals surface area (Å²) in [5, 5.41) is 9.73. The van der Waals surface area contributed by atoms with Crippen LogP contribution in [0.15, 0.2) is 30.5 Å². The first kappa shape index (κ1) is 7.88. The van der Waals surface area contributed by atoms with E-state index in [1.165, 1.54) is 10.9 Å². The fourth-order valence-corrected chi connectivity index (χ4v) is 1.56. The molecule has 64 valence electrons. The van der Waals surface area contributed by atoms with Gasteiger partial charge in [0.05, 0.1) is 6.07 Å². The number of hydrogen-bond donors (Lipinski definition) is 1. The summed E-state index contributed by atoms with van der Waals surface area (Å²) in [4.78, 5) is 3.15. The number of nitriles is 1. The lowest BCUT2D eigenvalue weighted by atomic mass is 10.1. The van der Waals surface area contributed by atoms with E-state index in [2.05, 4.69) is 23.2 Å². The zero-order valence-electron chi connectivity index (χ0n) is 7.25. The molecule has 0 atom stereocenters. The summed E-state index contributed by atoms with van der Waals surface area (Å²) in [5.74, 6) is 0. The van der Waals surface area contributed by atoms with Gasteiger partial charge in [0, 0.05) is 23.5 Å². The van der Waals surface area contributed by atoms with Gasteiger partial charge in [0.2, 0.25) is 0 Å². The highest BCUT2D eigenvalue weighted by molar-refractivity contribution is 5.82. The van der Waals surface area contributed by atoms with Crippen LogP contribution < -0.4 is 0 Å². The molecule has 0 aliphatic carbocycles. The summed E-state index contributed by atoms with van der Waals surface area (Å²) in [6, 6.07) is 10.4. The predicted octanol–water partition coefficient (Wildman–Crippen LogP) is 2.62. The molecule has 0 bridgehead atoms. The van der Waals surface area contributed by atoms with E-state index in [1.807, 2.05) is 18.3 Å². The number of nitrogens with one attached hydrogen (secondary N) is 1. The van der Waals surface area contributed by atoms with Crippen molar-refractivity contribution in [3.63, 3.8) is 0 Å². The van der Waals surface area contributed by atoms with Crippen LogP contribution in [0.5, 0.6) is 0 Å². The van der Waals surface area contributed by atoms with Crippen molar-refractivity contribution in [1.29, 1.82) is 5.26 Å². The number of fused-ring (bicyclic) bond motifs is 1. The molecule has 1 aromatic carbocycles. The maximum atomic E-state index is 8.49. The first-order valence-electron chi connectivity index (χ1n) is 4.34. The van der Waals surface area contributed by atoms with Gasteiger partial charge in [0.15, 0.2) is 0 Å². The van der Waals surface area contributed by atoms with Crippen LogP contribution in [0.4, 0.5) is 0 Å². The molecule has 0 aliphatic heterocycles. The van der Waals surface area contributed by atoms with E-state index in [0.29, 0.717) is 6.42 Å². The molecule has 2 aromatic rings. The molecule has 2 rings (SSSR count). The number of aryl methyl sites for hydroxylation is 1. The van der Waals surface area contributed by atoms with Crippen LogP contribution in [0.25, 0.3) is 10.9 Å². The Kier molecular flexibility index (Phi) is 2.01. The van der Waals surface area contributed by atoms with Crippen molar-refractivity contribution in [1.82, 2.24) is 4.98 Å². The summed E-state index contributed by atoms with van der Waals surface area (Å²) < 4.78 is 0. The third kappa shape index (κ3) is 1.41. The zero-order valence-corrected chi connectivity index (χ0v) is 7.25. The van der Waals surface area contributed by atoms with Crippen LogP contribution in [-0.4, -0.2) is 4.98 Å². The van der Waals surface area contributed by atoms with Crippen molar-refractivity contribution in [2.45, 2.75) is 12.8 Å². The molecule has 0 unspecified atom stereocenters. The average molecular weight is 170 g/mol. The van der Waals surface area contributed by atoms with Crippen LogP contribution in [0.3, 0.4) is 0 Å². The Balaban J connectivity index is 2.44. The van der Waals surface area contributed by atoms with Crippen molar-refractivity contribution in [3.05, 3.63) is 36.0 Å². The van der Waals surface area contributed by atoms with Crippen molar-refractivity contribution in [3.8, 4) is 6.07 Å². The number of hydrogen-bond acceptors (Lipinski definition) is 1. The Morgan fingerprint density at radius 2 is 2.23 bits per heavy atom. The van der Waals surface area contributed by atoms with E-state index in [-0.39, 0.29) is 0 Å². The number of nitrogens with zero attached hydrogens (tertiary/aromatic N) is 1. The van der Waals surface area contributed by atoms with E-state index in [4.69, 9.17) is 5.26 Å². The molecule has 0 spiro atoms. The molecule has 1 N–H and O–H groups in total. The number of aromatic nitrogens is 1. The minimum atomic E-state index is 0.588. The number of benzene rings is 1. The molecule has 0 fully saturated rings. The fraction of sp³-hybridized carbons (Fsp3) is 0.182. The summed E-state index contributed by atoms with van der Waals surface area (Å²) in [6.45, 7) is 0. The molecule has 2 nitrogen and oxygen atoms in total. The first-order chi connectivity index (χ1) is 6.42. The summed E-state index contributed by atoms with van der Waals surface area (Å²) in [5.41, 5.74) is 2.40. The molecule has 0 saturated carbocycles. The largest absolute Gasteiger partial charge is 0.361 e. The smallest absolute Gasteiger partial charge is 0.0625 e. The number of rotatable bonds is 2. The Morgan fingerprint density at radius 3 is 3.08 bits per heavy atom. The molecular weight excluding hydrogens is 160 g/mol. The van der Waals surface area contributed by atoms with Crippen molar-refractivity contribution in [2.75, 3.05) is 0 Å². The van der Waals surface area contributed by atoms with E-state index >= 15 is 0 Å².